The van der Waals surface area contributed by atoms with Gasteiger partial charge in [0.25, 0.3) is 0 Å². The van der Waals surface area contributed by atoms with Crippen LogP contribution < -0.4 is 15.0 Å². The van der Waals surface area contributed by atoms with Crippen LogP contribution >= 0.6 is 22.9 Å². The average molecular weight is 441 g/mol. The van der Waals surface area contributed by atoms with Crippen LogP contribution in [0.15, 0.2) is 36.5 Å². The second-order valence-electron chi connectivity index (χ2n) is 8.38. The Hall–Kier alpha value is -2.64. The van der Waals surface area contributed by atoms with Crippen molar-refractivity contribution < 1.29 is 9.53 Å². The number of ether oxygens (including phenoxy) is 1. The summed E-state index contributed by atoms with van der Waals surface area (Å²) >= 11 is 7.41. The Morgan fingerprint density at radius 1 is 1.23 bits per heavy atom. The molecular weight excluding hydrogens is 420 g/mol. The van der Waals surface area contributed by atoms with Gasteiger partial charge in [0.2, 0.25) is 0 Å². The maximum Gasteiger partial charge on any atom is 0.190 e. The molecule has 1 aromatic carbocycles. The summed E-state index contributed by atoms with van der Waals surface area (Å²) in [6.07, 6.45) is 3.01. The predicted molar refractivity (Wildman–Crippen MR) is 120 cm³/mol. The van der Waals surface area contributed by atoms with Gasteiger partial charge in [-0.15, -0.1) is 0 Å². The van der Waals surface area contributed by atoms with Gasteiger partial charge in [0, 0.05) is 18.3 Å². The summed E-state index contributed by atoms with van der Waals surface area (Å²) in [5, 5.41) is 4.74. The fraction of sp³-hybridized carbons (Fsp3) is 0.318. The molecule has 0 saturated heterocycles. The summed E-state index contributed by atoms with van der Waals surface area (Å²) in [6, 6.07) is 9.55. The lowest BCUT2D eigenvalue weighted by Crippen LogP contribution is -2.28. The molecule has 0 spiro atoms. The Kier molecular flexibility index (Phi) is 4.67. The number of hydrogen-bond acceptors (Lipinski definition) is 7. The number of carbonyl (C=O) groups excluding carboxylic acids is 1. The number of aromatic nitrogens is 2. The van der Waals surface area contributed by atoms with Gasteiger partial charge in [-0.3, -0.25) is 4.79 Å². The van der Waals surface area contributed by atoms with Gasteiger partial charge in [-0.2, -0.15) is 0 Å². The van der Waals surface area contributed by atoms with Gasteiger partial charge in [0.1, 0.15) is 18.2 Å². The van der Waals surface area contributed by atoms with Gasteiger partial charge in [-0.05, 0) is 42.2 Å². The summed E-state index contributed by atoms with van der Waals surface area (Å²) < 4.78 is 5.86. The maximum atomic E-state index is 12.6. The zero-order valence-corrected chi connectivity index (χ0v) is 18.3. The molecule has 0 saturated carbocycles. The number of Topliss-reactive ketones (excluding diaryl/α,β-unsaturated/α-hetero) is 1. The maximum absolute atomic E-state index is 12.6. The molecule has 8 heteroatoms. The molecule has 0 amide bonds. The minimum absolute atomic E-state index is 0.0407. The van der Waals surface area contributed by atoms with Crippen molar-refractivity contribution in [2.75, 3.05) is 23.4 Å². The van der Waals surface area contributed by atoms with Crippen LogP contribution in [0.5, 0.6) is 5.75 Å². The third-order valence-corrected chi connectivity index (χ3v) is 6.66. The summed E-state index contributed by atoms with van der Waals surface area (Å²) in [4.78, 5) is 24.7. The Morgan fingerprint density at radius 3 is 2.90 bits per heavy atom. The number of nitrogens with zero attached hydrogens (tertiary/aromatic N) is 3. The molecular formula is C22H21ClN4O2S. The number of carbonyl (C=O) groups is 1. The number of thiazole rings is 1. The summed E-state index contributed by atoms with van der Waals surface area (Å²) in [6.45, 7) is 5.50. The van der Waals surface area contributed by atoms with Crippen molar-refractivity contribution in [2.45, 2.75) is 26.7 Å². The van der Waals surface area contributed by atoms with Crippen molar-refractivity contribution in [1.82, 2.24) is 9.97 Å². The zero-order valence-electron chi connectivity index (χ0n) is 16.7. The average Bonchev–Trinajstić information content (AvgIpc) is 3.12. The van der Waals surface area contributed by atoms with Crippen molar-refractivity contribution in [2.24, 2.45) is 5.41 Å². The van der Waals surface area contributed by atoms with Crippen molar-refractivity contribution in [3.05, 3.63) is 52.1 Å². The van der Waals surface area contributed by atoms with Crippen LogP contribution in [0.1, 0.15) is 35.6 Å². The molecule has 5 rings (SSSR count). The highest BCUT2D eigenvalue weighted by Crippen LogP contribution is 2.44. The lowest BCUT2D eigenvalue weighted by molar-refractivity contribution is 0.0916. The Labute approximate surface area is 183 Å². The molecule has 154 valence electrons. The molecule has 1 N–H and O–H groups in total. The SMILES string of the molecule is CC1(C)CC(=O)c2sc(N3CCOc4ccc(Nc5ccc(Cl)cn5)cc43)nc2C1. The van der Waals surface area contributed by atoms with Crippen LogP contribution in [0, 0.1) is 5.41 Å². The number of fused-ring (bicyclic) bond motifs is 2. The van der Waals surface area contributed by atoms with E-state index in [1.165, 1.54) is 11.3 Å². The number of anilines is 4. The minimum Gasteiger partial charge on any atom is -0.490 e. The second kappa shape index (κ2) is 7.25. The van der Waals surface area contributed by atoms with E-state index in [9.17, 15) is 4.79 Å². The predicted octanol–water partition coefficient (Wildman–Crippen LogP) is 5.62. The highest BCUT2D eigenvalue weighted by molar-refractivity contribution is 7.17. The largest absolute Gasteiger partial charge is 0.490 e. The highest BCUT2D eigenvalue weighted by atomic mass is 35.5. The van der Waals surface area contributed by atoms with Gasteiger partial charge >= 0.3 is 0 Å². The first kappa shape index (κ1) is 19.3. The lowest BCUT2D eigenvalue weighted by Gasteiger charge is -2.29. The number of nitrogens with one attached hydrogen (secondary N) is 1. The first-order chi connectivity index (χ1) is 14.4. The van der Waals surface area contributed by atoms with Crippen molar-refractivity contribution in [3.8, 4) is 5.75 Å². The number of benzene rings is 1. The van der Waals surface area contributed by atoms with E-state index in [0.717, 1.165) is 39.2 Å². The van der Waals surface area contributed by atoms with E-state index in [1.807, 2.05) is 24.3 Å². The number of halogens is 1. The first-order valence-electron chi connectivity index (χ1n) is 9.84. The molecule has 30 heavy (non-hydrogen) atoms. The Bertz CT molecular complexity index is 1130. The quantitative estimate of drug-likeness (QED) is 0.570. The van der Waals surface area contributed by atoms with Crippen molar-refractivity contribution >= 4 is 51.0 Å². The Morgan fingerprint density at radius 2 is 2.10 bits per heavy atom. The van der Waals surface area contributed by atoms with Crippen LogP contribution in [0.2, 0.25) is 5.02 Å². The van der Waals surface area contributed by atoms with E-state index in [0.29, 0.717) is 30.4 Å². The van der Waals surface area contributed by atoms with Gasteiger partial charge in [0.05, 0.1) is 27.8 Å². The van der Waals surface area contributed by atoms with Crippen LogP contribution in [0.25, 0.3) is 0 Å². The van der Waals surface area contributed by atoms with Crippen LogP contribution in [0.3, 0.4) is 0 Å². The van der Waals surface area contributed by atoms with Gasteiger partial charge in [0.15, 0.2) is 10.9 Å². The molecule has 3 aromatic rings. The topological polar surface area (TPSA) is 67.3 Å². The molecule has 0 fully saturated rings. The number of hydrogen-bond donors (Lipinski definition) is 1. The highest BCUT2D eigenvalue weighted by Gasteiger charge is 2.35. The van der Waals surface area contributed by atoms with Crippen LogP contribution in [-0.4, -0.2) is 28.9 Å². The normalized spacial score (nSPS) is 17.2. The van der Waals surface area contributed by atoms with E-state index in [-0.39, 0.29) is 11.2 Å². The zero-order chi connectivity index (χ0) is 20.9. The smallest absolute Gasteiger partial charge is 0.190 e. The third-order valence-electron chi connectivity index (χ3n) is 5.28. The fourth-order valence-corrected chi connectivity index (χ4v) is 5.09. The van der Waals surface area contributed by atoms with Gasteiger partial charge < -0.3 is 15.0 Å². The van der Waals surface area contributed by atoms with Crippen LogP contribution in [-0.2, 0) is 6.42 Å². The number of ketones is 1. The molecule has 0 bridgehead atoms. The molecule has 1 aliphatic carbocycles. The number of pyridine rings is 1. The number of rotatable bonds is 3. The van der Waals surface area contributed by atoms with E-state index in [2.05, 4.69) is 29.0 Å². The molecule has 3 heterocycles. The monoisotopic (exact) mass is 440 g/mol. The summed E-state index contributed by atoms with van der Waals surface area (Å²) in [5.41, 5.74) is 2.70. The second-order valence-corrected chi connectivity index (χ2v) is 9.80. The minimum atomic E-state index is -0.0407. The standard InChI is InChI=1S/C22H21ClN4O2S/c1-22(2)10-15-20(17(28)11-22)30-21(26-15)27-7-8-29-18-5-4-14(9-16(18)27)25-19-6-3-13(23)12-24-19/h3-6,9,12H,7-8,10-11H2,1-2H3,(H,24,25). The molecule has 0 radical (unpaired) electrons. The first-order valence-corrected chi connectivity index (χ1v) is 11.0. The lowest BCUT2D eigenvalue weighted by atomic mass is 9.78. The van der Waals surface area contributed by atoms with Gasteiger partial charge in [-0.25, -0.2) is 9.97 Å². The molecule has 1 aliphatic heterocycles. The third kappa shape index (κ3) is 3.63. The van der Waals surface area contributed by atoms with Crippen molar-refractivity contribution in [1.29, 1.82) is 0 Å². The fourth-order valence-electron chi connectivity index (χ4n) is 3.91. The van der Waals surface area contributed by atoms with Crippen LogP contribution in [0.4, 0.5) is 22.3 Å². The summed E-state index contributed by atoms with van der Waals surface area (Å²) in [7, 11) is 0. The molecule has 6 nitrogen and oxygen atoms in total. The van der Waals surface area contributed by atoms with E-state index in [1.54, 1.807) is 12.3 Å². The molecule has 0 unspecified atom stereocenters. The van der Waals surface area contributed by atoms with Gasteiger partial charge in [-0.1, -0.05) is 36.8 Å². The molecule has 0 atom stereocenters. The van der Waals surface area contributed by atoms with Crippen molar-refractivity contribution in [3.63, 3.8) is 0 Å². The van der Waals surface area contributed by atoms with E-state index < -0.39 is 0 Å². The van der Waals surface area contributed by atoms with E-state index >= 15 is 0 Å². The Balaban J connectivity index is 1.48. The molecule has 2 aromatic heterocycles. The van der Waals surface area contributed by atoms with E-state index in [4.69, 9.17) is 21.3 Å². The summed E-state index contributed by atoms with van der Waals surface area (Å²) in [5.74, 6) is 1.71. The molecule has 2 aliphatic rings.